The Labute approximate surface area is 144 Å². The first-order valence-electron chi connectivity index (χ1n) is 8.43. The fourth-order valence-corrected chi connectivity index (χ4v) is 4.64. The van der Waals surface area contributed by atoms with E-state index in [-0.39, 0.29) is 24.6 Å². The number of ether oxygens (including phenoxy) is 2. The summed E-state index contributed by atoms with van der Waals surface area (Å²) in [6.45, 7) is 2.13. The highest BCUT2D eigenvalue weighted by Gasteiger charge is 2.37. The molecule has 1 unspecified atom stereocenters. The van der Waals surface area contributed by atoms with Crippen molar-refractivity contribution < 1.29 is 22.7 Å². The molecule has 24 heavy (non-hydrogen) atoms. The molecule has 2 fully saturated rings. The van der Waals surface area contributed by atoms with Crippen LogP contribution in [0.2, 0.25) is 0 Å². The largest absolute Gasteiger partial charge is 0.381 e. The summed E-state index contributed by atoms with van der Waals surface area (Å²) >= 11 is 0. The van der Waals surface area contributed by atoms with Crippen LogP contribution < -0.4 is 0 Å². The summed E-state index contributed by atoms with van der Waals surface area (Å²) in [7, 11) is 1.11. The Balaban J connectivity index is 2.17. The number of amides is 1. The molecule has 0 bridgehead atoms. The summed E-state index contributed by atoms with van der Waals surface area (Å²) in [5.74, 6) is -0.0708. The molecule has 0 aromatic rings. The lowest BCUT2D eigenvalue weighted by Crippen LogP contribution is -2.57. The van der Waals surface area contributed by atoms with E-state index in [1.807, 2.05) is 4.90 Å². The van der Waals surface area contributed by atoms with Crippen LogP contribution in [0, 0.1) is 0 Å². The molecule has 1 amide bonds. The minimum atomic E-state index is -3.46. The van der Waals surface area contributed by atoms with Gasteiger partial charge < -0.3 is 14.4 Å². The van der Waals surface area contributed by atoms with Crippen molar-refractivity contribution in [2.75, 3.05) is 54.1 Å². The summed E-state index contributed by atoms with van der Waals surface area (Å²) in [5, 5.41) is 0. The third kappa shape index (κ3) is 4.45. The average Bonchev–Trinajstić information content (AvgIpc) is 2.56. The van der Waals surface area contributed by atoms with Crippen LogP contribution >= 0.6 is 0 Å². The molecule has 8 nitrogen and oxygen atoms in total. The van der Waals surface area contributed by atoms with Crippen molar-refractivity contribution in [2.24, 2.45) is 0 Å². The molecule has 140 valence electrons. The maximum Gasteiger partial charge on any atom is 0.281 e. The Kier molecular flexibility index (Phi) is 6.99. The Morgan fingerprint density at radius 3 is 2.46 bits per heavy atom. The summed E-state index contributed by atoms with van der Waals surface area (Å²) in [6, 6.07) is -0.0207. The van der Waals surface area contributed by atoms with Gasteiger partial charge in [0.25, 0.3) is 10.2 Å². The standard InChI is InChI=1S/C15H29N3O5S/c1-16(2)24(20,21)17-8-4-5-14(11-17)18(15(19)12-22-3)13-6-9-23-10-7-13/h13-14H,4-12H2,1-3H3. The number of piperidine rings is 1. The SMILES string of the molecule is COCC(=O)N(C1CCOCC1)C1CCCN(S(=O)(=O)N(C)C)C1. The van der Waals surface area contributed by atoms with Crippen LogP contribution in [0.25, 0.3) is 0 Å². The lowest BCUT2D eigenvalue weighted by atomic mass is 9.99. The molecule has 0 aromatic carbocycles. The fourth-order valence-electron chi connectivity index (χ4n) is 3.46. The highest BCUT2D eigenvalue weighted by atomic mass is 32.2. The van der Waals surface area contributed by atoms with Crippen molar-refractivity contribution in [3.8, 4) is 0 Å². The smallest absolute Gasteiger partial charge is 0.281 e. The monoisotopic (exact) mass is 363 g/mol. The molecule has 2 saturated heterocycles. The average molecular weight is 363 g/mol. The Morgan fingerprint density at radius 2 is 1.88 bits per heavy atom. The predicted molar refractivity (Wildman–Crippen MR) is 89.8 cm³/mol. The van der Waals surface area contributed by atoms with Gasteiger partial charge in [0.2, 0.25) is 5.91 Å². The van der Waals surface area contributed by atoms with Crippen molar-refractivity contribution in [3.63, 3.8) is 0 Å². The van der Waals surface area contributed by atoms with Crippen molar-refractivity contribution >= 4 is 16.1 Å². The number of hydrogen-bond acceptors (Lipinski definition) is 5. The minimum absolute atomic E-state index is 0.0221. The molecule has 0 spiro atoms. The highest BCUT2D eigenvalue weighted by Crippen LogP contribution is 2.25. The van der Waals surface area contributed by atoms with Gasteiger partial charge in [0.05, 0.1) is 0 Å². The molecule has 0 radical (unpaired) electrons. The molecule has 9 heteroatoms. The number of hydrogen-bond donors (Lipinski definition) is 0. The highest BCUT2D eigenvalue weighted by molar-refractivity contribution is 7.86. The van der Waals surface area contributed by atoms with E-state index in [1.54, 1.807) is 0 Å². The zero-order valence-corrected chi connectivity index (χ0v) is 15.6. The van der Waals surface area contributed by atoms with Crippen LogP contribution in [0.3, 0.4) is 0 Å². The van der Waals surface area contributed by atoms with E-state index >= 15 is 0 Å². The molecule has 0 N–H and O–H groups in total. The summed E-state index contributed by atoms with van der Waals surface area (Å²) in [5.41, 5.74) is 0. The molecule has 0 aliphatic carbocycles. The van der Waals surface area contributed by atoms with Crippen LogP contribution in [-0.4, -0.2) is 94.0 Å². The van der Waals surface area contributed by atoms with E-state index in [9.17, 15) is 13.2 Å². The second kappa shape index (κ2) is 8.57. The van der Waals surface area contributed by atoms with Gasteiger partial charge in [0.1, 0.15) is 6.61 Å². The summed E-state index contributed by atoms with van der Waals surface area (Å²) < 4.78 is 38.0. The van der Waals surface area contributed by atoms with Crippen molar-refractivity contribution in [2.45, 2.75) is 37.8 Å². The van der Waals surface area contributed by atoms with Gasteiger partial charge in [0.15, 0.2) is 0 Å². The molecule has 2 heterocycles. The first-order chi connectivity index (χ1) is 11.4. The number of methoxy groups -OCH3 is 1. The van der Waals surface area contributed by atoms with Gasteiger partial charge in [-0.3, -0.25) is 4.79 Å². The van der Waals surface area contributed by atoms with Crippen LogP contribution in [-0.2, 0) is 24.5 Å². The first kappa shape index (κ1) is 19.6. The van der Waals surface area contributed by atoms with E-state index in [4.69, 9.17) is 9.47 Å². The molecule has 1 atom stereocenters. The normalized spacial score (nSPS) is 24.2. The third-order valence-corrected chi connectivity index (χ3v) is 6.59. The second-order valence-corrected chi connectivity index (χ2v) is 8.66. The van der Waals surface area contributed by atoms with Crippen molar-refractivity contribution in [1.29, 1.82) is 0 Å². The molecule has 2 aliphatic rings. The second-order valence-electron chi connectivity index (χ2n) is 6.52. The van der Waals surface area contributed by atoms with E-state index in [0.29, 0.717) is 26.3 Å². The quantitative estimate of drug-likeness (QED) is 0.659. The third-order valence-electron chi connectivity index (χ3n) is 4.68. The van der Waals surface area contributed by atoms with Crippen molar-refractivity contribution in [1.82, 2.24) is 13.5 Å². The van der Waals surface area contributed by atoms with Crippen LogP contribution in [0.1, 0.15) is 25.7 Å². The van der Waals surface area contributed by atoms with E-state index < -0.39 is 10.2 Å². The Morgan fingerprint density at radius 1 is 1.21 bits per heavy atom. The van der Waals surface area contributed by atoms with Gasteiger partial charge in [-0.25, -0.2) is 0 Å². The molecule has 0 aromatic heterocycles. The van der Waals surface area contributed by atoms with E-state index in [2.05, 4.69) is 0 Å². The van der Waals surface area contributed by atoms with Crippen LogP contribution in [0.15, 0.2) is 0 Å². The molecular formula is C15H29N3O5S. The lowest BCUT2D eigenvalue weighted by molar-refractivity contribution is -0.143. The molecular weight excluding hydrogens is 334 g/mol. The predicted octanol–water partition coefficient (Wildman–Crippen LogP) is -0.0888. The van der Waals surface area contributed by atoms with E-state index in [0.717, 1.165) is 25.7 Å². The van der Waals surface area contributed by atoms with E-state index in [1.165, 1.54) is 29.8 Å². The maximum atomic E-state index is 12.6. The first-order valence-corrected chi connectivity index (χ1v) is 9.83. The Hall–Kier alpha value is -0.740. The minimum Gasteiger partial charge on any atom is -0.381 e. The van der Waals surface area contributed by atoms with Crippen LogP contribution in [0.5, 0.6) is 0 Å². The van der Waals surface area contributed by atoms with Gasteiger partial charge in [-0.2, -0.15) is 17.0 Å². The summed E-state index contributed by atoms with van der Waals surface area (Å²) in [4.78, 5) is 14.5. The zero-order chi connectivity index (χ0) is 17.7. The fraction of sp³-hybridized carbons (Fsp3) is 0.933. The van der Waals surface area contributed by atoms with Crippen LogP contribution in [0.4, 0.5) is 0 Å². The number of rotatable bonds is 6. The lowest BCUT2D eigenvalue weighted by Gasteiger charge is -2.44. The summed E-state index contributed by atoms with van der Waals surface area (Å²) in [6.07, 6.45) is 3.13. The van der Waals surface area contributed by atoms with Gasteiger partial charge in [-0.15, -0.1) is 0 Å². The zero-order valence-electron chi connectivity index (χ0n) is 14.8. The van der Waals surface area contributed by atoms with Gasteiger partial charge in [-0.05, 0) is 25.7 Å². The molecule has 2 rings (SSSR count). The van der Waals surface area contributed by atoms with Gasteiger partial charge in [0, 0.05) is 59.6 Å². The molecule has 2 aliphatic heterocycles. The van der Waals surface area contributed by atoms with Gasteiger partial charge in [-0.1, -0.05) is 0 Å². The number of nitrogens with zero attached hydrogens (tertiary/aromatic N) is 3. The maximum absolute atomic E-state index is 12.6. The van der Waals surface area contributed by atoms with Gasteiger partial charge >= 0.3 is 0 Å². The Bertz CT molecular complexity index is 519. The molecule has 0 saturated carbocycles. The topological polar surface area (TPSA) is 79.4 Å². The number of carbonyl (C=O) groups is 1. The van der Waals surface area contributed by atoms with Crippen molar-refractivity contribution in [3.05, 3.63) is 0 Å². The number of carbonyl (C=O) groups excluding carboxylic acids is 1.